The molecule has 0 spiro atoms. The molecule has 87 valence electrons. The molecule has 2 N–H and O–H groups in total. The normalized spacial score (nSPS) is 9.41. The van der Waals surface area contributed by atoms with Crippen molar-refractivity contribution < 1.29 is 9.59 Å². The Morgan fingerprint density at radius 3 is 2.71 bits per heavy atom. The first-order chi connectivity index (χ1) is 8.06. The Kier molecular flexibility index (Phi) is 4.23. The van der Waals surface area contributed by atoms with E-state index in [2.05, 4.69) is 0 Å². The van der Waals surface area contributed by atoms with Gasteiger partial charge in [-0.05, 0) is 11.6 Å². The predicted molar refractivity (Wildman–Crippen MR) is 61.4 cm³/mol. The standard InChI is InChI=1S/C12H12N3O2/c1-15(8-13)11(16)7-6-9-4-2-3-5-10(9)12(14)17/h2-6H,7H2,1H3,(H2,14,17). The molecule has 0 aliphatic heterocycles. The number of carbonyl (C=O) groups is 2. The molecule has 5 nitrogen and oxygen atoms in total. The van der Waals surface area contributed by atoms with Crippen LogP contribution in [-0.4, -0.2) is 23.8 Å². The van der Waals surface area contributed by atoms with Gasteiger partial charge in [-0.15, -0.1) is 0 Å². The van der Waals surface area contributed by atoms with E-state index in [0.717, 1.165) is 4.90 Å². The molecular weight excluding hydrogens is 218 g/mol. The Morgan fingerprint density at radius 2 is 2.12 bits per heavy atom. The van der Waals surface area contributed by atoms with Crippen LogP contribution in [0.3, 0.4) is 0 Å². The fourth-order valence-corrected chi connectivity index (χ4v) is 1.29. The summed E-state index contributed by atoms with van der Waals surface area (Å²) in [4.78, 5) is 23.4. The number of nitrogens with zero attached hydrogens (tertiary/aromatic N) is 2. The van der Waals surface area contributed by atoms with Gasteiger partial charge in [-0.1, -0.05) is 18.2 Å². The smallest absolute Gasteiger partial charge is 0.248 e. The van der Waals surface area contributed by atoms with Crippen molar-refractivity contribution in [2.45, 2.75) is 6.42 Å². The van der Waals surface area contributed by atoms with E-state index < -0.39 is 5.91 Å². The minimum absolute atomic E-state index is 0.0500. The monoisotopic (exact) mass is 230 g/mol. The van der Waals surface area contributed by atoms with Crippen molar-refractivity contribution in [3.8, 4) is 6.19 Å². The first-order valence-electron chi connectivity index (χ1n) is 4.94. The number of hydrogen-bond donors (Lipinski definition) is 1. The van der Waals surface area contributed by atoms with Crippen LogP contribution in [0.4, 0.5) is 0 Å². The molecule has 0 saturated heterocycles. The third kappa shape index (κ3) is 3.31. The van der Waals surface area contributed by atoms with Gasteiger partial charge >= 0.3 is 0 Å². The third-order valence-corrected chi connectivity index (χ3v) is 2.25. The maximum absolute atomic E-state index is 11.4. The van der Waals surface area contributed by atoms with Gasteiger partial charge < -0.3 is 5.73 Å². The van der Waals surface area contributed by atoms with Gasteiger partial charge in [0.2, 0.25) is 11.8 Å². The van der Waals surface area contributed by atoms with Crippen LogP contribution in [0.25, 0.3) is 0 Å². The highest BCUT2D eigenvalue weighted by atomic mass is 16.2. The lowest BCUT2D eigenvalue weighted by molar-refractivity contribution is -0.126. The van der Waals surface area contributed by atoms with Gasteiger partial charge in [-0.3, -0.25) is 14.5 Å². The summed E-state index contributed by atoms with van der Waals surface area (Å²) in [5.41, 5.74) is 6.16. The van der Waals surface area contributed by atoms with E-state index in [1.807, 2.05) is 0 Å². The van der Waals surface area contributed by atoms with E-state index in [1.54, 1.807) is 36.9 Å². The molecule has 0 aromatic heterocycles. The average Bonchev–Trinajstić information content (AvgIpc) is 2.35. The molecule has 0 saturated carbocycles. The number of amides is 2. The summed E-state index contributed by atoms with van der Waals surface area (Å²) in [6, 6.07) is 6.73. The number of hydrogen-bond acceptors (Lipinski definition) is 3. The largest absolute Gasteiger partial charge is 0.366 e. The van der Waals surface area contributed by atoms with Gasteiger partial charge in [0.15, 0.2) is 6.19 Å². The van der Waals surface area contributed by atoms with Crippen molar-refractivity contribution in [1.29, 1.82) is 5.26 Å². The van der Waals surface area contributed by atoms with Crippen LogP contribution in [0, 0.1) is 17.9 Å². The van der Waals surface area contributed by atoms with E-state index >= 15 is 0 Å². The summed E-state index contributed by atoms with van der Waals surface area (Å²) in [5.74, 6) is -0.885. The predicted octanol–water partition coefficient (Wildman–Crippen LogP) is 0.667. The summed E-state index contributed by atoms with van der Waals surface area (Å²) in [6.45, 7) is 0. The SMILES string of the molecule is CN(C#N)C(=O)C[CH]c1ccccc1C(N)=O. The molecule has 1 aromatic rings. The van der Waals surface area contributed by atoms with E-state index in [0.29, 0.717) is 11.1 Å². The Bertz CT molecular complexity index is 477. The Morgan fingerprint density at radius 1 is 1.47 bits per heavy atom. The number of rotatable bonds is 4. The van der Waals surface area contributed by atoms with Crippen LogP contribution in [0.2, 0.25) is 0 Å². The highest BCUT2D eigenvalue weighted by Gasteiger charge is 2.11. The van der Waals surface area contributed by atoms with Gasteiger partial charge in [-0.25, -0.2) is 0 Å². The molecule has 2 amide bonds. The van der Waals surface area contributed by atoms with Crippen LogP contribution < -0.4 is 5.73 Å². The maximum Gasteiger partial charge on any atom is 0.248 e. The summed E-state index contributed by atoms with van der Waals surface area (Å²) >= 11 is 0. The number of carbonyl (C=O) groups excluding carboxylic acids is 2. The fourth-order valence-electron chi connectivity index (χ4n) is 1.29. The lowest BCUT2D eigenvalue weighted by atomic mass is 10.0. The zero-order valence-electron chi connectivity index (χ0n) is 9.38. The molecule has 1 aromatic carbocycles. The minimum atomic E-state index is -0.544. The molecule has 0 aliphatic rings. The Balaban J connectivity index is 2.74. The lowest BCUT2D eigenvalue weighted by Gasteiger charge is -2.08. The molecular formula is C12H12N3O2. The molecule has 0 aliphatic carbocycles. The number of nitrogens with two attached hydrogens (primary N) is 1. The second-order valence-electron chi connectivity index (χ2n) is 3.41. The second-order valence-corrected chi connectivity index (χ2v) is 3.41. The van der Waals surface area contributed by atoms with Crippen molar-refractivity contribution in [3.63, 3.8) is 0 Å². The van der Waals surface area contributed by atoms with Crippen LogP contribution in [0.15, 0.2) is 24.3 Å². The van der Waals surface area contributed by atoms with E-state index in [9.17, 15) is 9.59 Å². The van der Waals surface area contributed by atoms with Gasteiger partial charge in [0.05, 0.1) is 0 Å². The van der Waals surface area contributed by atoms with Crippen LogP contribution in [0.1, 0.15) is 22.3 Å². The van der Waals surface area contributed by atoms with Crippen molar-refractivity contribution >= 4 is 11.8 Å². The van der Waals surface area contributed by atoms with Gasteiger partial charge in [0, 0.05) is 25.5 Å². The molecule has 0 heterocycles. The summed E-state index contributed by atoms with van der Waals surface area (Å²) < 4.78 is 0. The zero-order valence-corrected chi connectivity index (χ0v) is 9.38. The number of nitriles is 1. The second kappa shape index (κ2) is 5.66. The van der Waals surface area contributed by atoms with Crippen LogP contribution in [0.5, 0.6) is 0 Å². The molecule has 5 heteroatoms. The van der Waals surface area contributed by atoms with Crippen molar-refractivity contribution in [3.05, 3.63) is 41.8 Å². The summed E-state index contributed by atoms with van der Waals surface area (Å²) in [6.07, 6.45) is 3.34. The molecule has 0 unspecified atom stereocenters. The van der Waals surface area contributed by atoms with E-state index in [1.165, 1.54) is 7.05 Å². The number of benzene rings is 1. The zero-order chi connectivity index (χ0) is 12.8. The molecule has 0 atom stereocenters. The minimum Gasteiger partial charge on any atom is -0.366 e. The van der Waals surface area contributed by atoms with Crippen LogP contribution in [-0.2, 0) is 4.79 Å². The summed E-state index contributed by atoms with van der Waals surface area (Å²) in [5, 5.41) is 8.51. The fraction of sp³-hybridized carbons (Fsp3) is 0.167. The van der Waals surface area contributed by atoms with Gasteiger partial charge in [0.25, 0.3) is 0 Å². The Hall–Kier alpha value is -2.35. The maximum atomic E-state index is 11.4. The highest BCUT2D eigenvalue weighted by molar-refractivity contribution is 5.95. The Labute approximate surface area is 99.4 Å². The van der Waals surface area contributed by atoms with Crippen molar-refractivity contribution in [2.75, 3.05) is 7.05 Å². The van der Waals surface area contributed by atoms with Gasteiger partial charge in [0.1, 0.15) is 0 Å². The van der Waals surface area contributed by atoms with Crippen molar-refractivity contribution in [2.24, 2.45) is 5.73 Å². The number of primary amides is 1. The molecule has 1 radical (unpaired) electrons. The molecule has 0 bridgehead atoms. The van der Waals surface area contributed by atoms with E-state index in [-0.39, 0.29) is 12.3 Å². The summed E-state index contributed by atoms with van der Waals surface area (Å²) in [7, 11) is 1.39. The highest BCUT2D eigenvalue weighted by Crippen LogP contribution is 2.12. The average molecular weight is 230 g/mol. The quantitative estimate of drug-likeness (QED) is 0.609. The lowest BCUT2D eigenvalue weighted by Crippen LogP contribution is -2.21. The van der Waals surface area contributed by atoms with Crippen LogP contribution >= 0.6 is 0 Å². The first-order valence-corrected chi connectivity index (χ1v) is 4.94. The van der Waals surface area contributed by atoms with Gasteiger partial charge in [-0.2, -0.15) is 5.26 Å². The first kappa shape index (κ1) is 12.7. The van der Waals surface area contributed by atoms with Crippen molar-refractivity contribution in [1.82, 2.24) is 4.90 Å². The molecule has 0 fully saturated rings. The molecule has 17 heavy (non-hydrogen) atoms. The topological polar surface area (TPSA) is 87.2 Å². The third-order valence-electron chi connectivity index (χ3n) is 2.25. The van der Waals surface area contributed by atoms with E-state index in [4.69, 9.17) is 11.0 Å². The molecule has 1 rings (SSSR count).